The Labute approximate surface area is 182 Å². The Balaban J connectivity index is 1.50. The summed E-state index contributed by atoms with van der Waals surface area (Å²) in [6.07, 6.45) is 3.05. The number of hydrogen-bond acceptors (Lipinski definition) is 4. The first kappa shape index (κ1) is 21.5. The van der Waals surface area contributed by atoms with Crippen LogP contribution in [0.1, 0.15) is 36.8 Å². The Morgan fingerprint density at radius 1 is 1.13 bits per heavy atom. The summed E-state index contributed by atoms with van der Waals surface area (Å²) in [6.45, 7) is 2.51. The lowest BCUT2D eigenvalue weighted by atomic mass is 9.98. The van der Waals surface area contributed by atoms with Gasteiger partial charge in [-0.05, 0) is 74.1 Å². The number of aryl methyl sites for hydroxylation is 2. The van der Waals surface area contributed by atoms with E-state index in [1.54, 1.807) is 12.1 Å². The van der Waals surface area contributed by atoms with Gasteiger partial charge in [0, 0.05) is 30.9 Å². The number of fused-ring (bicyclic) bond motifs is 1. The molecule has 0 bridgehead atoms. The van der Waals surface area contributed by atoms with Crippen molar-refractivity contribution < 1.29 is 18.0 Å². The Hall–Kier alpha value is -2.71. The second kappa shape index (κ2) is 8.80. The Morgan fingerprint density at radius 3 is 2.77 bits per heavy atom. The van der Waals surface area contributed by atoms with Crippen molar-refractivity contribution in [1.82, 2.24) is 4.31 Å². The van der Waals surface area contributed by atoms with Gasteiger partial charge >= 0.3 is 0 Å². The quantitative estimate of drug-likeness (QED) is 0.761. The van der Waals surface area contributed by atoms with E-state index in [1.807, 2.05) is 31.2 Å². The van der Waals surface area contributed by atoms with E-state index in [1.165, 1.54) is 10.4 Å². The Bertz CT molecular complexity index is 1110. The molecule has 1 atom stereocenters. The van der Waals surface area contributed by atoms with Crippen molar-refractivity contribution in [2.45, 2.75) is 43.9 Å². The minimum Gasteiger partial charge on any atom is -0.326 e. The molecule has 0 aromatic heterocycles. The van der Waals surface area contributed by atoms with Crippen LogP contribution >= 0.6 is 0 Å². The summed E-state index contributed by atoms with van der Waals surface area (Å²) in [6, 6.07) is 12.4. The highest BCUT2D eigenvalue weighted by atomic mass is 32.2. The first-order chi connectivity index (χ1) is 14.8. The van der Waals surface area contributed by atoms with Crippen LogP contribution in [0.25, 0.3) is 0 Å². The SMILES string of the molecule is Cc1cccc(NC(=O)C2CCCN(S(=O)(=O)c3ccc4c(c3)CCCC(=O)N4)C2)c1. The molecule has 8 heteroatoms. The van der Waals surface area contributed by atoms with E-state index in [-0.39, 0.29) is 23.3 Å². The number of anilines is 2. The summed E-state index contributed by atoms with van der Waals surface area (Å²) in [5, 5.41) is 5.74. The average molecular weight is 442 g/mol. The molecule has 0 aliphatic carbocycles. The summed E-state index contributed by atoms with van der Waals surface area (Å²) in [5.74, 6) is -0.604. The third kappa shape index (κ3) is 4.80. The second-order valence-electron chi connectivity index (χ2n) is 8.28. The highest BCUT2D eigenvalue weighted by Gasteiger charge is 2.33. The molecule has 1 saturated heterocycles. The molecule has 31 heavy (non-hydrogen) atoms. The number of carbonyl (C=O) groups is 2. The Morgan fingerprint density at radius 2 is 1.97 bits per heavy atom. The van der Waals surface area contributed by atoms with Crippen molar-refractivity contribution in [3.8, 4) is 0 Å². The van der Waals surface area contributed by atoms with Gasteiger partial charge in [0.1, 0.15) is 0 Å². The van der Waals surface area contributed by atoms with E-state index >= 15 is 0 Å². The maximum atomic E-state index is 13.3. The molecule has 7 nitrogen and oxygen atoms in total. The van der Waals surface area contributed by atoms with Crippen molar-refractivity contribution in [3.63, 3.8) is 0 Å². The fourth-order valence-electron chi connectivity index (χ4n) is 4.20. The zero-order valence-corrected chi connectivity index (χ0v) is 18.4. The molecule has 164 valence electrons. The highest BCUT2D eigenvalue weighted by molar-refractivity contribution is 7.89. The van der Waals surface area contributed by atoms with Crippen LogP contribution in [0.4, 0.5) is 11.4 Å². The smallest absolute Gasteiger partial charge is 0.243 e. The van der Waals surface area contributed by atoms with Crippen LogP contribution in [0.15, 0.2) is 47.4 Å². The van der Waals surface area contributed by atoms with Crippen molar-refractivity contribution in [1.29, 1.82) is 0 Å². The summed E-state index contributed by atoms with van der Waals surface area (Å²) < 4.78 is 28.0. The molecular formula is C23H27N3O4S. The van der Waals surface area contributed by atoms with Gasteiger partial charge in [-0.1, -0.05) is 12.1 Å². The molecule has 2 heterocycles. The van der Waals surface area contributed by atoms with Gasteiger partial charge in [0.05, 0.1) is 10.8 Å². The standard InChI is InChI=1S/C23H27N3O4S/c1-16-5-2-8-19(13-16)24-23(28)18-7-4-12-26(15-18)31(29,30)20-10-11-21-17(14-20)6-3-9-22(27)25-21/h2,5,8,10-11,13-14,18H,3-4,6-7,9,12,15H2,1H3,(H,24,28)(H,25,27). The fraction of sp³-hybridized carbons (Fsp3) is 0.391. The maximum Gasteiger partial charge on any atom is 0.243 e. The van der Waals surface area contributed by atoms with Gasteiger partial charge < -0.3 is 10.6 Å². The molecule has 4 rings (SSSR count). The second-order valence-corrected chi connectivity index (χ2v) is 10.2. The summed E-state index contributed by atoms with van der Waals surface area (Å²) in [7, 11) is -3.73. The molecule has 1 fully saturated rings. The van der Waals surface area contributed by atoms with E-state index in [9.17, 15) is 18.0 Å². The molecule has 0 radical (unpaired) electrons. The van der Waals surface area contributed by atoms with Crippen molar-refractivity contribution >= 4 is 33.2 Å². The molecule has 2 aromatic rings. The topological polar surface area (TPSA) is 95.6 Å². The predicted molar refractivity (Wildman–Crippen MR) is 119 cm³/mol. The fourth-order valence-corrected chi connectivity index (χ4v) is 5.78. The van der Waals surface area contributed by atoms with E-state index < -0.39 is 15.9 Å². The number of rotatable bonds is 4. The van der Waals surface area contributed by atoms with Crippen LogP contribution in [0.3, 0.4) is 0 Å². The zero-order valence-electron chi connectivity index (χ0n) is 17.6. The molecule has 0 spiro atoms. The summed E-state index contributed by atoms with van der Waals surface area (Å²) in [4.78, 5) is 24.7. The molecule has 2 N–H and O–H groups in total. The maximum absolute atomic E-state index is 13.3. The van der Waals surface area contributed by atoms with Crippen molar-refractivity contribution in [2.24, 2.45) is 5.92 Å². The van der Waals surface area contributed by atoms with Gasteiger partial charge in [-0.2, -0.15) is 4.31 Å². The zero-order chi connectivity index (χ0) is 22.0. The van der Waals surface area contributed by atoms with Crippen LogP contribution in [0, 0.1) is 12.8 Å². The molecule has 1 unspecified atom stereocenters. The number of amides is 2. The molecule has 2 aliphatic rings. The van der Waals surface area contributed by atoms with E-state index in [0.717, 1.165) is 16.8 Å². The van der Waals surface area contributed by atoms with Gasteiger partial charge in [0.25, 0.3) is 0 Å². The van der Waals surface area contributed by atoms with E-state index in [4.69, 9.17) is 0 Å². The summed E-state index contributed by atoms with van der Waals surface area (Å²) in [5.41, 5.74) is 3.27. The van der Waals surface area contributed by atoms with Gasteiger partial charge in [-0.15, -0.1) is 0 Å². The largest absolute Gasteiger partial charge is 0.326 e. The number of benzene rings is 2. The predicted octanol–water partition coefficient (Wildman–Crippen LogP) is 3.31. The first-order valence-electron chi connectivity index (χ1n) is 10.6. The van der Waals surface area contributed by atoms with Crippen molar-refractivity contribution in [2.75, 3.05) is 23.7 Å². The molecule has 2 amide bonds. The van der Waals surface area contributed by atoms with E-state index in [0.29, 0.717) is 44.3 Å². The van der Waals surface area contributed by atoms with E-state index in [2.05, 4.69) is 10.6 Å². The number of nitrogens with one attached hydrogen (secondary N) is 2. The third-order valence-electron chi connectivity index (χ3n) is 5.88. The normalized spacial score (nSPS) is 19.8. The van der Waals surface area contributed by atoms with Crippen LogP contribution in [0.2, 0.25) is 0 Å². The van der Waals surface area contributed by atoms with Crippen molar-refractivity contribution in [3.05, 3.63) is 53.6 Å². The summed E-state index contributed by atoms with van der Waals surface area (Å²) >= 11 is 0. The first-order valence-corrected chi connectivity index (χ1v) is 12.1. The molecule has 2 aliphatic heterocycles. The number of sulfonamides is 1. The number of nitrogens with zero attached hydrogens (tertiary/aromatic N) is 1. The molecule has 0 saturated carbocycles. The molecular weight excluding hydrogens is 414 g/mol. The number of carbonyl (C=O) groups excluding carboxylic acids is 2. The average Bonchev–Trinajstić information content (AvgIpc) is 2.93. The van der Waals surface area contributed by atoms with Gasteiger partial charge in [0.2, 0.25) is 21.8 Å². The minimum atomic E-state index is -3.73. The lowest BCUT2D eigenvalue weighted by molar-refractivity contribution is -0.121. The van der Waals surface area contributed by atoms with Crippen LogP contribution in [0.5, 0.6) is 0 Å². The number of hydrogen-bond donors (Lipinski definition) is 2. The Kier molecular flexibility index (Phi) is 6.11. The third-order valence-corrected chi connectivity index (χ3v) is 7.74. The van der Waals surface area contributed by atoms with Gasteiger partial charge in [0.15, 0.2) is 0 Å². The monoisotopic (exact) mass is 441 g/mol. The highest BCUT2D eigenvalue weighted by Crippen LogP contribution is 2.29. The lowest BCUT2D eigenvalue weighted by Gasteiger charge is -2.31. The minimum absolute atomic E-state index is 0.0483. The van der Waals surface area contributed by atoms with Crippen LogP contribution in [-0.2, 0) is 26.0 Å². The van der Waals surface area contributed by atoms with Gasteiger partial charge in [-0.3, -0.25) is 9.59 Å². The van der Waals surface area contributed by atoms with Crippen LogP contribution < -0.4 is 10.6 Å². The van der Waals surface area contributed by atoms with Crippen LogP contribution in [-0.4, -0.2) is 37.6 Å². The molecule has 2 aromatic carbocycles. The van der Waals surface area contributed by atoms with Gasteiger partial charge in [-0.25, -0.2) is 8.42 Å². The lowest BCUT2D eigenvalue weighted by Crippen LogP contribution is -2.43. The number of piperidine rings is 1.